The first-order chi connectivity index (χ1) is 13.4. The lowest BCUT2D eigenvalue weighted by Crippen LogP contribution is -2.48. The fourth-order valence-electron chi connectivity index (χ4n) is 2.45. The normalized spacial score (nSPS) is 13.5. The summed E-state index contributed by atoms with van der Waals surface area (Å²) in [4.78, 5) is 35.9. The van der Waals surface area contributed by atoms with E-state index in [0.29, 0.717) is 22.6 Å². The molecule has 0 saturated heterocycles. The predicted molar refractivity (Wildman–Crippen MR) is 97.1 cm³/mol. The van der Waals surface area contributed by atoms with Gasteiger partial charge in [-0.25, -0.2) is 0 Å². The molecule has 8 nitrogen and oxygen atoms in total. The third-order valence-corrected chi connectivity index (χ3v) is 3.94. The maximum absolute atomic E-state index is 12.5. The summed E-state index contributed by atoms with van der Waals surface area (Å²) in [6.45, 7) is 1.37. The van der Waals surface area contributed by atoms with Crippen LogP contribution < -0.4 is 25.2 Å². The van der Waals surface area contributed by atoms with Crippen molar-refractivity contribution < 1.29 is 29.0 Å². The number of carbonyl (C=O) groups excluding carboxylic acids is 3. The van der Waals surface area contributed by atoms with Crippen LogP contribution in [0.1, 0.15) is 22.8 Å². The lowest BCUT2D eigenvalue weighted by molar-refractivity contribution is -0.307. The van der Waals surface area contributed by atoms with Gasteiger partial charge in [-0.05, 0) is 42.8 Å². The Hall–Kier alpha value is -3.81. The topological polar surface area (TPSA) is 117 Å². The van der Waals surface area contributed by atoms with E-state index in [1.165, 1.54) is 13.0 Å². The zero-order valence-corrected chi connectivity index (χ0v) is 14.9. The maximum atomic E-state index is 12.5. The van der Waals surface area contributed by atoms with E-state index in [1.807, 2.05) is 0 Å². The molecule has 0 aromatic heterocycles. The van der Waals surface area contributed by atoms with Gasteiger partial charge >= 0.3 is 0 Å². The van der Waals surface area contributed by atoms with Crippen LogP contribution in [-0.4, -0.2) is 30.6 Å². The van der Waals surface area contributed by atoms with Gasteiger partial charge in [0.15, 0.2) is 11.5 Å². The van der Waals surface area contributed by atoms with E-state index in [4.69, 9.17) is 9.47 Å². The van der Waals surface area contributed by atoms with Crippen molar-refractivity contribution in [2.75, 3.05) is 6.79 Å². The molecule has 2 N–H and O–H groups in total. The van der Waals surface area contributed by atoms with Crippen molar-refractivity contribution >= 4 is 23.9 Å². The molecule has 144 valence electrons. The van der Waals surface area contributed by atoms with Crippen molar-refractivity contribution in [3.8, 4) is 11.5 Å². The monoisotopic (exact) mass is 381 g/mol. The average Bonchev–Trinajstić information content (AvgIpc) is 3.15. The van der Waals surface area contributed by atoms with E-state index >= 15 is 0 Å². The van der Waals surface area contributed by atoms with Crippen molar-refractivity contribution in [3.05, 3.63) is 65.4 Å². The Kier molecular flexibility index (Phi) is 5.59. The Morgan fingerprint density at radius 3 is 2.50 bits per heavy atom. The average molecular weight is 381 g/mol. The van der Waals surface area contributed by atoms with Gasteiger partial charge in [0.1, 0.15) is 5.70 Å². The van der Waals surface area contributed by atoms with E-state index in [0.717, 1.165) is 0 Å². The first-order valence-corrected chi connectivity index (χ1v) is 8.43. The van der Waals surface area contributed by atoms with Gasteiger partial charge in [0.2, 0.25) is 6.79 Å². The Morgan fingerprint density at radius 1 is 1.07 bits per heavy atom. The summed E-state index contributed by atoms with van der Waals surface area (Å²) < 4.78 is 10.5. The summed E-state index contributed by atoms with van der Waals surface area (Å²) in [6, 6.07) is 12.1. The standard InChI is InChI=1S/C20H18N2O6/c1-12(20(25)26)21-19(24)15(22-18(23)14-5-3-2-4-6-14)9-13-7-8-16-17(10-13)28-11-27-16/h2-10,12H,11H2,1H3,(H,21,24)(H,22,23)(H,25,26)/p-1/t12-/m1/s1. The second-order valence-corrected chi connectivity index (χ2v) is 6.01. The van der Waals surface area contributed by atoms with Crippen LogP contribution in [0.2, 0.25) is 0 Å². The zero-order valence-electron chi connectivity index (χ0n) is 14.9. The second-order valence-electron chi connectivity index (χ2n) is 6.01. The number of ether oxygens (including phenoxy) is 2. The Bertz CT molecular complexity index is 939. The number of hydrogen-bond donors (Lipinski definition) is 2. The summed E-state index contributed by atoms with van der Waals surface area (Å²) in [5.74, 6) is -1.64. The van der Waals surface area contributed by atoms with Gasteiger partial charge in [-0.1, -0.05) is 24.3 Å². The van der Waals surface area contributed by atoms with Crippen LogP contribution in [-0.2, 0) is 9.59 Å². The highest BCUT2D eigenvalue weighted by molar-refractivity contribution is 6.06. The van der Waals surface area contributed by atoms with E-state index < -0.39 is 23.8 Å². The minimum atomic E-state index is -1.44. The lowest BCUT2D eigenvalue weighted by Gasteiger charge is -2.17. The van der Waals surface area contributed by atoms with Gasteiger partial charge in [0.25, 0.3) is 11.8 Å². The highest BCUT2D eigenvalue weighted by Crippen LogP contribution is 2.33. The summed E-state index contributed by atoms with van der Waals surface area (Å²) in [7, 11) is 0. The van der Waals surface area contributed by atoms with Gasteiger partial charge < -0.3 is 30.0 Å². The smallest absolute Gasteiger partial charge is 0.268 e. The summed E-state index contributed by atoms with van der Waals surface area (Å²) in [5, 5.41) is 15.7. The molecule has 28 heavy (non-hydrogen) atoms. The third-order valence-electron chi connectivity index (χ3n) is 3.94. The molecule has 1 aliphatic heterocycles. The van der Waals surface area contributed by atoms with E-state index in [2.05, 4.69) is 10.6 Å². The van der Waals surface area contributed by atoms with Crippen LogP contribution in [0.15, 0.2) is 54.2 Å². The first kappa shape index (κ1) is 19.0. The number of nitrogens with one attached hydrogen (secondary N) is 2. The van der Waals surface area contributed by atoms with Gasteiger partial charge in [-0.2, -0.15) is 0 Å². The number of carboxylic acid groups (broad SMARTS) is 1. The number of aliphatic carboxylic acids is 1. The van der Waals surface area contributed by atoms with Crippen LogP contribution >= 0.6 is 0 Å². The molecule has 0 bridgehead atoms. The molecule has 3 rings (SSSR count). The molecule has 0 fully saturated rings. The Balaban J connectivity index is 1.88. The van der Waals surface area contributed by atoms with Crippen LogP contribution in [0.4, 0.5) is 0 Å². The molecule has 8 heteroatoms. The molecule has 2 aromatic carbocycles. The summed E-state index contributed by atoms with van der Waals surface area (Å²) in [5.41, 5.74) is 0.782. The highest BCUT2D eigenvalue weighted by atomic mass is 16.7. The molecule has 1 heterocycles. The van der Waals surface area contributed by atoms with E-state index in [-0.39, 0.29) is 12.5 Å². The minimum absolute atomic E-state index is 0.101. The van der Waals surface area contributed by atoms with Crippen molar-refractivity contribution in [2.45, 2.75) is 13.0 Å². The molecular weight excluding hydrogens is 364 g/mol. The number of fused-ring (bicyclic) bond motifs is 1. The van der Waals surface area contributed by atoms with Crippen molar-refractivity contribution in [3.63, 3.8) is 0 Å². The van der Waals surface area contributed by atoms with E-state index in [1.54, 1.807) is 48.5 Å². The van der Waals surface area contributed by atoms with Gasteiger partial charge in [-0.15, -0.1) is 0 Å². The molecule has 2 amide bonds. The van der Waals surface area contributed by atoms with Crippen molar-refractivity contribution in [1.82, 2.24) is 10.6 Å². The SMILES string of the molecule is C[C@@H](NC(=O)C(=Cc1ccc2c(c1)OCO2)NC(=O)c1ccccc1)C(=O)[O-]. The predicted octanol–water partition coefficient (Wildman–Crippen LogP) is 0.441. The fraction of sp³-hybridized carbons (Fsp3) is 0.150. The molecule has 0 aliphatic carbocycles. The quantitative estimate of drug-likeness (QED) is 0.702. The van der Waals surface area contributed by atoms with Crippen LogP contribution in [0, 0.1) is 0 Å². The third kappa shape index (κ3) is 4.47. The summed E-state index contributed by atoms with van der Waals surface area (Å²) in [6.07, 6.45) is 1.42. The number of carboxylic acids is 1. The minimum Gasteiger partial charge on any atom is -0.548 e. The maximum Gasteiger partial charge on any atom is 0.268 e. The Morgan fingerprint density at radius 2 is 1.79 bits per heavy atom. The van der Waals surface area contributed by atoms with E-state index in [9.17, 15) is 19.5 Å². The Labute approximate surface area is 160 Å². The summed E-state index contributed by atoms with van der Waals surface area (Å²) >= 11 is 0. The highest BCUT2D eigenvalue weighted by Gasteiger charge is 2.18. The van der Waals surface area contributed by atoms with Gasteiger partial charge in [-0.3, -0.25) is 9.59 Å². The van der Waals surface area contributed by atoms with Crippen molar-refractivity contribution in [1.29, 1.82) is 0 Å². The van der Waals surface area contributed by atoms with Gasteiger partial charge in [0, 0.05) is 5.56 Å². The number of hydrogen-bond acceptors (Lipinski definition) is 6. The van der Waals surface area contributed by atoms with Crippen molar-refractivity contribution in [2.24, 2.45) is 0 Å². The number of carbonyl (C=O) groups is 3. The molecule has 0 radical (unpaired) electrons. The fourth-order valence-corrected chi connectivity index (χ4v) is 2.45. The lowest BCUT2D eigenvalue weighted by atomic mass is 10.1. The second kappa shape index (κ2) is 8.26. The molecule has 0 saturated carbocycles. The van der Waals surface area contributed by atoms with Crippen LogP contribution in [0.25, 0.3) is 6.08 Å². The first-order valence-electron chi connectivity index (χ1n) is 8.43. The molecule has 0 spiro atoms. The largest absolute Gasteiger partial charge is 0.548 e. The zero-order chi connectivity index (χ0) is 20.1. The van der Waals surface area contributed by atoms with Gasteiger partial charge in [0.05, 0.1) is 12.0 Å². The number of benzene rings is 2. The molecule has 1 atom stereocenters. The molecule has 2 aromatic rings. The van der Waals surface area contributed by atoms with Crippen LogP contribution in [0.3, 0.4) is 0 Å². The molecule has 0 unspecified atom stereocenters. The number of amides is 2. The number of rotatable bonds is 6. The molecule has 1 aliphatic rings. The van der Waals surface area contributed by atoms with Crippen LogP contribution in [0.5, 0.6) is 11.5 Å². The molecular formula is C20H17N2O6-.